The van der Waals surface area contributed by atoms with Gasteiger partial charge in [0, 0.05) is 5.41 Å². The fourth-order valence-corrected chi connectivity index (χ4v) is 1.64. The molecule has 0 amide bonds. The van der Waals surface area contributed by atoms with Crippen LogP contribution in [0.5, 0.6) is 0 Å². The molecule has 0 saturated carbocycles. The van der Waals surface area contributed by atoms with Crippen molar-refractivity contribution in [2.45, 2.75) is 0 Å². The Hall–Kier alpha value is -1.17. The van der Waals surface area contributed by atoms with Crippen molar-refractivity contribution in [3.63, 3.8) is 0 Å². The maximum Gasteiger partial charge on any atom is 1.00 e. The summed E-state index contributed by atoms with van der Waals surface area (Å²) < 4.78 is 30.5. The van der Waals surface area contributed by atoms with Gasteiger partial charge in [-0.1, -0.05) is 73.3 Å². The summed E-state index contributed by atoms with van der Waals surface area (Å²) in [7, 11) is -4.25. The first kappa shape index (κ1) is 19.8. The number of benzene rings is 2. The molecule has 2 rings (SSSR count). The van der Waals surface area contributed by atoms with Crippen LogP contribution in [0, 0.1) is 0 Å². The summed E-state index contributed by atoms with van der Waals surface area (Å²) in [6.45, 7) is 3.63. The second-order valence-corrected chi connectivity index (χ2v) is 5.08. The summed E-state index contributed by atoms with van der Waals surface area (Å²) >= 11 is 0. The smallest absolute Gasteiger partial charge is 0.744 e. The third kappa shape index (κ3) is 10.2. The van der Waals surface area contributed by atoms with Crippen LogP contribution in [0.15, 0.2) is 72.7 Å². The predicted octanol–water partition coefficient (Wildman–Crippen LogP) is 0.536. The molecular weight excluding hydrogens is 295 g/mol. The van der Waals surface area contributed by atoms with E-state index in [9.17, 15) is 13.0 Å². The predicted molar refractivity (Wildman–Crippen MR) is 81.7 cm³/mol. The van der Waals surface area contributed by atoms with Crippen molar-refractivity contribution >= 4 is 22.3 Å². The molecule has 0 fully saturated rings. The van der Waals surface area contributed by atoms with Crippen molar-refractivity contribution in [1.82, 2.24) is 0 Å². The average molecular weight is 310 g/mol. The van der Waals surface area contributed by atoms with E-state index < -0.39 is 10.1 Å². The van der Waals surface area contributed by atoms with Crippen molar-refractivity contribution in [3.05, 3.63) is 83.8 Å². The van der Waals surface area contributed by atoms with Gasteiger partial charge in [-0.05, 0) is 17.2 Å². The van der Waals surface area contributed by atoms with E-state index in [4.69, 9.17) is 0 Å². The minimum atomic E-state index is -4.25. The van der Waals surface area contributed by atoms with Gasteiger partial charge in [-0.2, -0.15) is 0 Å². The van der Waals surface area contributed by atoms with Crippen molar-refractivity contribution in [2.75, 3.05) is 0 Å². The van der Waals surface area contributed by atoms with Gasteiger partial charge in [-0.3, -0.25) is 0 Å². The summed E-state index contributed by atoms with van der Waals surface area (Å²) in [6.07, 6.45) is 3.10. The second kappa shape index (κ2) is 10.5. The van der Waals surface area contributed by atoms with Crippen molar-refractivity contribution in [2.24, 2.45) is 0 Å². The van der Waals surface area contributed by atoms with Crippen LogP contribution in [0.1, 0.15) is 11.1 Å². The molecular formula is C16H15NaO3S. The standard InChI is InChI=1S/C8H8O3S.C8H8.Na/c9-12(10,11)7-6-8-4-2-1-3-5-8;1-2-8-6-4-3-5-7-8;/h1-7H,(H,9,10,11);2-7H,1H2;/q;;+1/p-1. The maximum atomic E-state index is 10.2. The number of rotatable bonds is 3. The summed E-state index contributed by atoms with van der Waals surface area (Å²) in [5.41, 5.74) is 1.87. The van der Waals surface area contributed by atoms with Gasteiger partial charge in [0.25, 0.3) is 0 Å². The minimum absolute atomic E-state index is 0. The van der Waals surface area contributed by atoms with E-state index in [1.807, 2.05) is 42.5 Å². The first-order valence-electron chi connectivity index (χ1n) is 5.88. The van der Waals surface area contributed by atoms with Gasteiger partial charge in [0.05, 0.1) is 0 Å². The van der Waals surface area contributed by atoms with Crippen LogP contribution in [-0.4, -0.2) is 13.0 Å². The average Bonchev–Trinajstić information content (AvgIpc) is 2.47. The Morgan fingerprint density at radius 2 is 1.29 bits per heavy atom. The van der Waals surface area contributed by atoms with Gasteiger partial charge in [0.15, 0.2) is 0 Å². The van der Waals surface area contributed by atoms with E-state index in [2.05, 4.69) is 6.58 Å². The third-order valence-electron chi connectivity index (χ3n) is 2.26. The summed E-state index contributed by atoms with van der Waals surface area (Å²) in [5, 5.41) is 0.641. The van der Waals surface area contributed by atoms with E-state index >= 15 is 0 Å². The molecule has 0 unspecified atom stereocenters. The van der Waals surface area contributed by atoms with Crippen molar-refractivity contribution < 1.29 is 42.5 Å². The van der Waals surface area contributed by atoms with Crippen LogP contribution < -0.4 is 29.6 Å². The summed E-state index contributed by atoms with van der Waals surface area (Å²) in [4.78, 5) is 0. The molecule has 0 spiro atoms. The minimum Gasteiger partial charge on any atom is -0.744 e. The first-order valence-corrected chi connectivity index (χ1v) is 7.35. The van der Waals surface area contributed by atoms with Crippen LogP contribution >= 0.6 is 0 Å². The van der Waals surface area contributed by atoms with Gasteiger partial charge >= 0.3 is 29.6 Å². The topological polar surface area (TPSA) is 57.2 Å². The van der Waals surface area contributed by atoms with Crippen LogP contribution in [0.3, 0.4) is 0 Å². The van der Waals surface area contributed by atoms with Crippen LogP contribution in [0.4, 0.5) is 0 Å². The van der Waals surface area contributed by atoms with Gasteiger partial charge < -0.3 is 4.55 Å². The van der Waals surface area contributed by atoms with E-state index in [1.54, 1.807) is 24.3 Å². The fraction of sp³-hybridized carbons (Fsp3) is 0. The Balaban J connectivity index is 0.000000390. The molecule has 0 atom stereocenters. The molecule has 2 aromatic rings. The van der Waals surface area contributed by atoms with E-state index in [1.165, 1.54) is 11.6 Å². The van der Waals surface area contributed by atoms with Gasteiger partial charge in [0.1, 0.15) is 10.1 Å². The van der Waals surface area contributed by atoms with E-state index in [0.717, 1.165) is 0 Å². The Morgan fingerprint density at radius 1 is 0.857 bits per heavy atom. The molecule has 0 aliphatic heterocycles. The van der Waals surface area contributed by atoms with E-state index in [-0.39, 0.29) is 29.6 Å². The molecule has 104 valence electrons. The zero-order valence-electron chi connectivity index (χ0n) is 11.8. The molecule has 0 bridgehead atoms. The van der Waals surface area contributed by atoms with E-state index in [0.29, 0.717) is 11.0 Å². The molecule has 3 nitrogen and oxygen atoms in total. The SMILES string of the molecule is C=Cc1ccccc1.O=S(=O)([O-])C=Cc1ccccc1.[Na+]. The summed E-state index contributed by atoms with van der Waals surface area (Å²) in [6, 6.07) is 18.8. The number of hydrogen-bond donors (Lipinski definition) is 0. The first-order chi connectivity index (χ1) is 9.51. The van der Waals surface area contributed by atoms with Crippen LogP contribution in [-0.2, 0) is 10.1 Å². The zero-order chi connectivity index (χ0) is 14.8. The quantitative estimate of drug-likeness (QED) is 0.614. The molecule has 0 radical (unpaired) electrons. The second-order valence-electron chi connectivity index (χ2n) is 3.82. The molecule has 5 heteroatoms. The van der Waals surface area contributed by atoms with Gasteiger partial charge in [0.2, 0.25) is 0 Å². The van der Waals surface area contributed by atoms with Gasteiger partial charge in [-0.25, -0.2) is 8.42 Å². The van der Waals surface area contributed by atoms with Crippen LogP contribution in [0.25, 0.3) is 12.2 Å². The maximum absolute atomic E-state index is 10.2. The third-order valence-corrected chi connectivity index (χ3v) is 2.73. The number of hydrogen-bond acceptors (Lipinski definition) is 3. The largest absolute Gasteiger partial charge is 1.00 e. The Bertz CT molecular complexity index is 650. The fourth-order valence-electron chi connectivity index (χ4n) is 1.32. The molecule has 0 aromatic heterocycles. The molecule has 0 saturated heterocycles. The molecule has 0 heterocycles. The Labute approximate surface area is 148 Å². The zero-order valence-corrected chi connectivity index (χ0v) is 14.7. The van der Waals surface area contributed by atoms with Crippen molar-refractivity contribution in [1.29, 1.82) is 0 Å². The van der Waals surface area contributed by atoms with Crippen molar-refractivity contribution in [3.8, 4) is 0 Å². The Morgan fingerprint density at radius 3 is 1.62 bits per heavy atom. The normalized spacial score (nSPS) is 10.1. The molecule has 2 aromatic carbocycles. The Kier molecular flexibility index (Phi) is 9.95. The molecule has 0 N–H and O–H groups in total. The molecule has 0 aliphatic rings. The van der Waals surface area contributed by atoms with Gasteiger partial charge in [-0.15, -0.1) is 0 Å². The monoisotopic (exact) mass is 310 g/mol. The molecule has 0 aliphatic carbocycles. The molecule has 21 heavy (non-hydrogen) atoms. The van der Waals surface area contributed by atoms with Crippen LogP contribution in [0.2, 0.25) is 0 Å². The summed E-state index contributed by atoms with van der Waals surface area (Å²) in [5.74, 6) is 0.